The first-order valence-electron chi connectivity index (χ1n) is 7.48. The number of carbonyl (C=O) groups excluding carboxylic acids is 1. The van der Waals surface area contributed by atoms with Gasteiger partial charge in [0.2, 0.25) is 5.91 Å². The summed E-state index contributed by atoms with van der Waals surface area (Å²) in [7, 11) is 0. The molecule has 0 bridgehead atoms. The molecule has 0 aliphatic rings. The number of amides is 1. The van der Waals surface area contributed by atoms with E-state index in [1.807, 2.05) is 6.92 Å². The van der Waals surface area contributed by atoms with Crippen LogP contribution >= 0.6 is 0 Å². The maximum Gasteiger partial charge on any atom is 0.309 e. The Hall–Kier alpha value is -1.10. The number of nitrogens with zero attached hydrogens (tertiary/aromatic N) is 1. The molecule has 0 heterocycles. The van der Waals surface area contributed by atoms with E-state index < -0.39 is 11.4 Å². The van der Waals surface area contributed by atoms with Crippen LogP contribution in [0.3, 0.4) is 0 Å². The number of carboxylic acids is 1. The van der Waals surface area contributed by atoms with E-state index in [1.165, 1.54) is 0 Å². The van der Waals surface area contributed by atoms with Crippen molar-refractivity contribution in [3.05, 3.63) is 0 Å². The van der Waals surface area contributed by atoms with Crippen LogP contribution in [-0.4, -0.2) is 47.6 Å². The van der Waals surface area contributed by atoms with Gasteiger partial charge in [0, 0.05) is 12.5 Å². The van der Waals surface area contributed by atoms with Gasteiger partial charge in [-0.3, -0.25) is 9.59 Å². The molecule has 0 aliphatic carbocycles. The first-order chi connectivity index (χ1) is 9.22. The average Bonchev–Trinajstić information content (AvgIpc) is 2.33. The minimum Gasteiger partial charge on any atom is -0.481 e. The number of hydrogen-bond donors (Lipinski definition) is 2. The van der Waals surface area contributed by atoms with Crippen LogP contribution in [0.1, 0.15) is 53.9 Å². The maximum atomic E-state index is 11.8. The van der Waals surface area contributed by atoms with Crippen molar-refractivity contribution >= 4 is 11.9 Å². The molecule has 0 saturated heterocycles. The minimum atomic E-state index is -1.01. The van der Waals surface area contributed by atoms with E-state index >= 15 is 0 Å². The van der Waals surface area contributed by atoms with E-state index in [-0.39, 0.29) is 18.4 Å². The summed E-state index contributed by atoms with van der Waals surface area (Å²) in [6.07, 6.45) is 1.96. The number of aliphatic carboxylic acids is 1. The molecule has 0 aromatic rings. The van der Waals surface area contributed by atoms with Gasteiger partial charge in [0.1, 0.15) is 0 Å². The lowest BCUT2D eigenvalue weighted by molar-refractivity contribution is -0.149. The topological polar surface area (TPSA) is 69.6 Å². The van der Waals surface area contributed by atoms with E-state index in [0.29, 0.717) is 0 Å². The monoisotopic (exact) mass is 286 g/mol. The van der Waals surface area contributed by atoms with Gasteiger partial charge in [0.25, 0.3) is 0 Å². The zero-order valence-electron chi connectivity index (χ0n) is 13.5. The Bertz CT molecular complexity index is 312. The summed E-state index contributed by atoms with van der Waals surface area (Å²) in [5.74, 6) is -1.13. The molecule has 118 valence electrons. The van der Waals surface area contributed by atoms with Crippen molar-refractivity contribution in [2.45, 2.75) is 59.9 Å². The van der Waals surface area contributed by atoms with E-state index in [9.17, 15) is 9.59 Å². The summed E-state index contributed by atoms with van der Waals surface area (Å²) in [5, 5.41) is 11.9. The summed E-state index contributed by atoms with van der Waals surface area (Å²) in [4.78, 5) is 25.1. The first kappa shape index (κ1) is 18.9. The Morgan fingerprint density at radius 1 is 1.25 bits per heavy atom. The van der Waals surface area contributed by atoms with Gasteiger partial charge >= 0.3 is 5.97 Å². The number of carbonyl (C=O) groups is 2. The summed E-state index contributed by atoms with van der Waals surface area (Å²) in [6.45, 7) is 12.5. The molecular weight excluding hydrogens is 256 g/mol. The molecule has 5 heteroatoms. The second-order valence-electron chi connectivity index (χ2n) is 6.00. The van der Waals surface area contributed by atoms with Gasteiger partial charge in [0.05, 0.1) is 5.41 Å². The normalized spacial score (nSPS) is 13.3. The highest BCUT2D eigenvalue weighted by atomic mass is 16.4. The highest BCUT2D eigenvalue weighted by Crippen LogP contribution is 2.20. The fraction of sp³-hybridized carbons (Fsp3) is 0.867. The third-order valence-electron chi connectivity index (χ3n) is 3.59. The van der Waals surface area contributed by atoms with E-state index in [1.54, 1.807) is 13.8 Å². The van der Waals surface area contributed by atoms with Crippen molar-refractivity contribution in [3.8, 4) is 0 Å². The lowest BCUT2D eigenvalue weighted by Gasteiger charge is -2.22. The summed E-state index contributed by atoms with van der Waals surface area (Å²) < 4.78 is 0. The second-order valence-corrected chi connectivity index (χ2v) is 6.00. The average molecular weight is 286 g/mol. The lowest BCUT2D eigenvalue weighted by atomic mass is 9.89. The molecule has 0 rings (SSSR count). The summed E-state index contributed by atoms with van der Waals surface area (Å²) >= 11 is 0. The van der Waals surface area contributed by atoms with Gasteiger partial charge in [-0.2, -0.15) is 0 Å². The number of nitrogens with one attached hydrogen (secondary N) is 1. The van der Waals surface area contributed by atoms with Crippen LogP contribution in [0.2, 0.25) is 0 Å². The van der Waals surface area contributed by atoms with Crippen molar-refractivity contribution in [1.29, 1.82) is 0 Å². The Morgan fingerprint density at radius 3 is 2.25 bits per heavy atom. The van der Waals surface area contributed by atoms with E-state index in [4.69, 9.17) is 5.11 Å². The molecule has 1 atom stereocenters. The first-order valence-corrected chi connectivity index (χ1v) is 7.48. The third kappa shape index (κ3) is 7.48. The number of rotatable bonds is 10. The second kappa shape index (κ2) is 8.95. The van der Waals surface area contributed by atoms with E-state index in [0.717, 1.165) is 32.5 Å². The Morgan fingerprint density at radius 2 is 1.80 bits per heavy atom. The number of carboxylic acid groups (broad SMARTS) is 1. The molecule has 0 aromatic carbocycles. The van der Waals surface area contributed by atoms with Gasteiger partial charge < -0.3 is 15.3 Å². The maximum absolute atomic E-state index is 11.8. The standard InChI is InChI=1S/C15H30N2O3/c1-6-17(7-2)10-8-9-12(3)16-13(18)11-15(4,5)14(19)20/h12H,6-11H2,1-5H3,(H,16,18)(H,19,20). The Labute approximate surface area is 122 Å². The molecule has 0 fully saturated rings. The van der Waals surface area contributed by atoms with Crippen molar-refractivity contribution in [2.24, 2.45) is 5.41 Å². The molecule has 0 aromatic heterocycles. The molecular formula is C15H30N2O3. The zero-order chi connectivity index (χ0) is 15.8. The summed E-state index contributed by atoms with van der Waals surface area (Å²) in [5.41, 5.74) is -1.01. The van der Waals surface area contributed by atoms with Crippen LogP contribution in [0.25, 0.3) is 0 Å². The fourth-order valence-electron chi connectivity index (χ4n) is 2.04. The van der Waals surface area contributed by atoms with Gasteiger partial charge in [0.15, 0.2) is 0 Å². The predicted molar refractivity (Wildman–Crippen MR) is 80.7 cm³/mol. The van der Waals surface area contributed by atoms with Crippen LogP contribution in [0, 0.1) is 5.41 Å². The third-order valence-corrected chi connectivity index (χ3v) is 3.59. The van der Waals surface area contributed by atoms with Crippen molar-refractivity contribution in [1.82, 2.24) is 10.2 Å². The summed E-state index contributed by atoms with van der Waals surface area (Å²) in [6, 6.07) is 0.0858. The smallest absolute Gasteiger partial charge is 0.309 e. The number of hydrogen-bond acceptors (Lipinski definition) is 3. The SMILES string of the molecule is CCN(CC)CCCC(C)NC(=O)CC(C)(C)C(=O)O. The predicted octanol–water partition coefficient (Wildman–Crippen LogP) is 2.11. The Balaban J connectivity index is 4.00. The highest BCUT2D eigenvalue weighted by molar-refractivity contribution is 5.84. The minimum absolute atomic E-state index is 0.0166. The van der Waals surface area contributed by atoms with Crippen LogP contribution in [0.15, 0.2) is 0 Å². The molecule has 2 N–H and O–H groups in total. The van der Waals surface area contributed by atoms with Crippen LogP contribution < -0.4 is 5.32 Å². The van der Waals surface area contributed by atoms with Gasteiger partial charge in [-0.15, -0.1) is 0 Å². The molecule has 20 heavy (non-hydrogen) atoms. The fourth-order valence-corrected chi connectivity index (χ4v) is 2.04. The zero-order valence-corrected chi connectivity index (χ0v) is 13.5. The molecule has 1 amide bonds. The van der Waals surface area contributed by atoms with Crippen LogP contribution in [0.4, 0.5) is 0 Å². The van der Waals surface area contributed by atoms with Gasteiger partial charge in [-0.25, -0.2) is 0 Å². The van der Waals surface area contributed by atoms with Crippen LogP contribution in [-0.2, 0) is 9.59 Å². The highest BCUT2D eigenvalue weighted by Gasteiger charge is 2.30. The van der Waals surface area contributed by atoms with Gasteiger partial charge in [-0.05, 0) is 53.2 Å². The largest absolute Gasteiger partial charge is 0.481 e. The van der Waals surface area contributed by atoms with E-state index in [2.05, 4.69) is 24.1 Å². The quantitative estimate of drug-likeness (QED) is 0.645. The molecule has 0 spiro atoms. The molecule has 0 radical (unpaired) electrons. The lowest BCUT2D eigenvalue weighted by Crippen LogP contribution is -2.38. The molecule has 0 saturated carbocycles. The molecule has 5 nitrogen and oxygen atoms in total. The Kier molecular flexibility index (Phi) is 8.46. The van der Waals surface area contributed by atoms with Crippen molar-refractivity contribution in [2.75, 3.05) is 19.6 Å². The molecule has 0 aliphatic heterocycles. The van der Waals surface area contributed by atoms with Crippen molar-refractivity contribution < 1.29 is 14.7 Å². The van der Waals surface area contributed by atoms with Crippen molar-refractivity contribution in [3.63, 3.8) is 0 Å². The van der Waals surface area contributed by atoms with Gasteiger partial charge in [-0.1, -0.05) is 13.8 Å². The molecule has 1 unspecified atom stereocenters. The van der Waals surface area contributed by atoms with Crippen LogP contribution in [0.5, 0.6) is 0 Å².